The lowest BCUT2D eigenvalue weighted by Crippen LogP contribution is -2.63. The Labute approximate surface area is 181 Å². The van der Waals surface area contributed by atoms with Gasteiger partial charge in [-0.2, -0.15) is 0 Å². The topological polar surface area (TPSA) is 160 Å². The number of methoxy groups -OCH3 is 1. The number of carbonyl (C=O) groups excluding carboxylic acids is 5. The highest BCUT2D eigenvalue weighted by Crippen LogP contribution is 2.24. The van der Waals surface area contributed by atoms with Gasteiger partial charge in [-0.1, -0.05) is 19.3 Å². The third-order valence-electron chi connectivity index (χ3n) is 4.37. The summed E-state index contributed by atoms with van der Waals surface area (Å²) in [4.78, 5) is 60.7. The lowest BCUT2D eigenvalue weighted by atomic mass is 9.95. The van der Waals surface area contributed by atoms with E-state index >= 15 is 0 Å². The fourth-order valence-corrected chi connectivity index (χ4v) is 3.10. The number of nitrogens with two attached hydrogens (primary N) is 1. The number of hydrazine groups is 2. The zero-order valence-electron chi connectivity index (χ0n) is 18.6. The van der Waals surface area contributed by atoms with Gasteiger partial charge in [-0.25, -0.2) is 9.80 Å². The Bertz CT molecular complexity index is 671. The van der Waals surface area contributed by atoms with Crippen LogP contribution in [0.1, 0.15) is 59.3 Å². The SMILES string of the molecule is COCCCN(NC(=O)C(N)=O)N(C(=O)C(=O)NC(=O)OC(C)(C)C)C1CCCCC1. The third kappa shape index (κ3) is 9.30. The molecule has 176 valence electrons. The minimum Gasteiger partial charge on any atom is -0.444 e. The number of ether oxygens (including phenoxy) is 2. The molecule has 1 aliphatic carbocycles. The van der Waals surface area contributed by atoms with Gasteiger partial charge in [0.15, 0.2) is 0 Å². The molecule has 4 N–H and O–H groups in total. The smallest absolute Gasteiger partial charge is 0.414 e. The van der Waals surface area contributed by atoms with Crippen molar-refractivity contribution < 1.29 is 33.4 Å². The molecule has 0 aromatic rings. The Balaban J connectivity index is 3.10. The van der Waals surface area contributed by atoms with Gasteiger partial charge in [0, 0.05) is 20.3 Å². The van der Waals surface area contributed by atoms with Gasteiger partial charge in [0.05, 0.1) is 6.04 Å². The van der Waals surface area contributed by atoms with E-state index in [0.717, 1.165) is 29.4 Å². The van der Waals surface area contributed by atoms with E-state index in [9.17, 15) is 24.0 Å². The zero-order valence-corrected chi connectivity index (χ0v) is 18.6. The molecule has 0 spiro atoms. The van der Waals surface area contributed by atoms with E-state index in [1.807, 2.05) is 5.32 Å². The van der Waals surface area contributed by atoms with Crippen LogP contribution in [0.4, 0.5) is 4.79 Å². The summed E-state index contributed by atoms with van der Waals surface area (Å²) in [6.45, 7) is 5.22. The van der Waals surface area contributed by atoms with Crippen molar-refractivity contribution in [2.45, 2.75) is 70.9 Å². The first-order chi connectivity index (χ1) is 14.5. The predicted octanol–water partition coefficient (Wildman–Crippen LogP) is -0.0310. The van der Waals surface area contributed by atoms with Gasteiger partial charge in [0.25, 0.3) is 0 Å². The average molecular weight is 444 g/mol. The number of amides is 5. The second-order valence-corrected chi connectivity index (χ2v) is 8.17. The molecule has 1 aliphatic rings. The fraction of sp³-hybridized carbons (Fsp3) is 0.737. The highest BCUT2D eigenvalue weighted by Gasteiger charge is 2.36. The molecule has 0 saturated heterocycles. The molecule has 12 heteroatoms. The van der Waals surface area contributed by atoms with Gasteiger partial charge in [-0.05, 0) is 40.0 Å². The summed E-state index contributed by atoms with van der Waals surface area (Å²) in [5.74, 6) is -4.67. The summed E-state index contributed by atoms with van der Waals surface area (Å²) < 4.78 is 10.0. The summed E-state index contributed by atoms with van der Waals surface area (Å²) in [7, 11) is 1.49. The Morgan fingerprint density at radius 2 is 1.65 bits per heavy atom. The molecule has 0 atom stereocenters. The van der Waals surface area contributed by atoms with Crippen molar-refractivity contribution in [1.29, 1.82) is 0 Å². The number of nitrogens with one attached hydrogen (secondary N) is 2. The van der Waals surface area contributed by atoms with Crippen LogP contribution >= 0.6 is 0 Å². The molecule has 0 radical (unpaired) electrons. The lowest BCUT2D eigenvalue weighted by Gasteiger charge is -2.40. The van der Waals surface area contributed by atoms with Crippen LogP contribution in [0.25, 0.3) is 0 Å². The van der Waals surface area contributed by atoms with E-state index in [1.54, 1.807) is 20.8 Å². The normalized spacial score (nSPS) is 14.6. The van der Waals surface area contributed by atoms with Crippen LogP contribution in [0, 0.1) is 0 Å². The first-order valence-corrected chi connectivity index (χ1v) is 10.2. The van der Waals surface area contributed by atoms with Crippen LogP contribution in [-0.4, -0.2) is 71.8 Å². The molecule has 1 rings (SSSR count). The molecule has 0 heterocycles. The Morgan fingerprint density at radius 3 is 2.16 bits per heavy atom. The molecule has 5 amide bonds. The van der Waals surface area contributed by atoms with Crippen molar-refractivity contribution in [3.63, 3.8) is 0 Å². The maximum absolute atomic E-state index is 13.0. The van der Waals surface area contributed by atoms with Crippen molar-refractivity contribution >= 4 is 29.7 Å². The van der Waals surface area contributed by atoms with Gasteiger partial charge < -0.3 is 15.2 Å². The molecule has 0 aliphatic heterocycles. The summed E-state index contributed by atoms with van der Waals surface area (Å²) in [5.41, 5.74) is 6.44. The van der Waals surface area contributed by atoms with E-state index in [2.05, 4.69) is 5.43 Å². The maximum Gasteiger partial charge on any atom is 0.414 e. The van der Waals surface area contributed by atoms with Crippen molar-refractivity contribution in [1.82, 2.24) is 20.9 Å². The Morgan fingerprint density at radius 1 is 1.03 bits per heavy atom. The molecule has 31 heavy (non-hydrogen) atoms. The predicted molar refractivity (Wildman–Crippen MR) is 109 cm³/mol. The number of primary amides is 1. The summed E-state index contributed by atoms with van der Waals surface area (Å²) >= 11 is 0. The molecule has 12 nitrogen and oxygen atoms in total. The quantitative estimate of drug-likeness (QED) is 0.281. The van der Waals surface area contributed by atoms with Gasteiger partial charge in [0.2, 0.25) is 0 Å². The standard InChI is InChI=1S/C19H33N5O7/c1-19(2,3)31-18(29)21-16(27)17(28)24(13-9-6-5-7-10-13)23(11-8-12-30-4)22-15(26)14(20)25/h13H,5-12H2,1-4H3,(H2,20,25)(H,22,26)(H,21,27,29). The van der Waals surface area contributed by atoms with Gasteiger partial charge in [0.1, 0.15) is 5.60 Å². The monoisotopic (exact) mass is 443 g/mol. The van der Waals surface area contributed by atoms with E-state index < -0.39 is 41.4 Å². The van der Waals surface area contributed by atoms with E-state index in [0.29, 0.717) is 25.9 Å². The highest BCUT2D eigenvalue weighted by atomic mass is 16.6. The van der Waals surface area contributed by atoms with Crippen molar-refractivity contribution in [3.8, 4) is 0 Å². The maximum atomic E-state index is 13.0. The summed E-state index contributed by atoms with van der Waals surface area (Å²) in [6.07, 6.45) is 3.08. The van der Waals surface area contributed by atoms with Gasteiger partial charge in [-0.3, -0.25) is 29.9 Å². The Kier molecular flexibility index (Phi) is 10.4. The van der Waals surface area contributed by atoms with Crippen LogP contribution < -0.4 is 16.5 Å². The molecule has 0 aromatic heterocycles. The zero-order chi connectivity index (χ0) is 23.6. The number of hydrogen-bond acceptors (Lipinski definition) is 8. The van der Waals surface area contributed by atoms with Crippen LogP contribution in [0.2, 0.25) is 0 Å². The number of rotatable bonds is 7. The molecule has 1 fully saturated rings. The molecular formula is C19H33N5O7. The second-order valence-electron chi connectivity index (χ2n) is 8.17. The average Bonchev–Trinajstić information content (AvgIpc) is 2.67. The first-order valence-electron chi connectivity index (χ1n) is 10.2. The minimum atomic E-state index is -1.24. The largest absolute Gasteiger partial charge is 0.444 e. The molecule has 0 bridgehead atoms. The Hall–Kier alpha value is -2.73. The van der Waals surface area contributed by atoms with Crippen molar-refractivity contribution in [2.24, 2.45) is 5.73 Å². The molecular weight excluding hydrogens is 410 g/mol. The van der Waals surface area contributed by atoms with E-state index in [4.69, 9.17) is 15.2 Å². The van der Waals surface area contributed by atoms with Crippen LogP contribution in [-0.2, 0) is 28.7 Å². The molecule has 0 aromatic carbocycles. The van der Waals surface area contributed by atoms with Gasteiger partial charge >= 0.3 is 29.7 Å². The van der Waals surface area contributed by atoms with Crippen LogP contribution in [0.5, 0.6) is 0 Å². The van der Waals surface area contributed by atoms with Crippen LogP contribution in [0.15, 0.2) is 0 Å². The van der Waals surface area contributed by atoms with E-state index in [-0.39, 0.29) is 6.54 Å². The number of nitrogens with zero attached hydrogens (tertiary/aromatic N) is 2. The fourth-order valence-electron chi connectivity index (χ4n) is 3.10. The third-order valence-corrected chi connectivity index (χ3v) is 4.37. The number of hydrogen-bond donors (Lipinski definition) is 3. The van der Waals surface area contributed by atoms with Crippen LogP contribution in [0.3, 0.4) is 0 Å². The lowest BCUT2D eigenvalue weighted by molar-refractivity contribution is -0.175. The molecule has 1 saturated carbocycles. The van der Waals surface area contributed by atoms with Crippen molar-refractivity contribution in [3.05, 3.63) is 0 Å². The van der Waals surface area contributed by atoms with E-state index in [1.165, 1.54) is 7.11 Å². The summed E-state index contributed by atoms with van der Waals surface area (Å²) in [5, 5.41) is 4.08. The van der Waals surface area contributed by atoms with Crippen molar-refractivity contribution in [2.75, 3.05) is 20.3 Å². The number of carbonyl (C=O) groups is 5. The number of imide groups is 1. The summed E-state index contributed by atoms with van der Waals surface area (Å²) in [6, 6.07) is -0.415. The minimum absolute atomic E-state index is 0.0643. The highest BCUT2D eigenvalue weighted by molar-refractivity contribution is 6.37. The van der Waals surface area contributed by atoms with Gasteiger partial charge in [-0.15, -0.1) is 5.12 Å². The number of alkyl carbamates (subject to hydrolysis) is 1. The second kappa shape index (κ2) is 12.2. The molecule has 0 unspecified atom stereocenters. The first kappa shape index (κ1) is 26.3.